The number of nitrogens with zero attached hydrogens (tertiary/aromatic N) is 1. The topological polar surface area (TPSA) is 84.2 Å². The van der Waals surface area contributed by atoms with E-state index < -0.39 is 0 Å². The zero-order valence-corrected chi connectivity index (χ0v) is 17.0. The largest absolute Gasteiger partial charge is 0.459 e. The van der Waals surface area contributed by atoms with Crippen LogP contribution in [0.2, 0.25) is 0 Å². The standard InChI is InChI=1S/C22H23N3O3S/c1-14-25-19(21(29-14)15-6-3-2-4-7-15)20(26)16-9-10-23-17(12-16)13-24-22(27)18-8-5-11-28-18/h2-8,11,16-17,23H,9-10,12-13H2,1H3,(H,24,27). The van der Waals surface area contributed by atoms with Gasteiger partial charge in [-0.15, -0.1) is 11.3 Å². The van der Waals surface area contributed by atoms with Crippen molar-refractivity contribution < 1.29 is 14.0 Å². The summed E-state index contributed by atoms with van der Waals surface area (Å²) in [5.74, 6) is 0.0356. The maximum absolute atomic E-state index is 13.3. The van der Waals surface area contributed by atoms with Crippen molar-refractivity contribution in [1.82, 2.24) is 15.6 Å². The van der Waals surface area contributed by atoms with Crippen LogP contribution in [0, 0.1) is 12.8 Å². The van der Waals surface area contributed by atoms with Crippen LogP contribution >= 0.6 is 11.3 Å². The molecule has 0 bridgehead atoms. The first kappa shape index (κ1) is 19.5. The lowest BCUT2D eigenvalue weighted by molar-refractivity contribution is 0.0867. The highest BCUT2D eigenvalue weighted by Gasteiger charge is 2.31. The van der Waals surface area contributed by atoms with Crippen LogP contribution in [0.1, 0.15) is 38.9 Å². The summed E-state index contributed by atoms with van der Waals surface area (Å²) < 4.78 is 5.12. The van der Waals surface area contributed by atoms with Crippen LogP contribution in [-0.4, -0.2) is 35.8 Å². The van der Waals surface area contributed by atoms with E-state index in [-0.39, 0.29) is 23.7 Å². The molecule has 0 radical (unpaired) electrons. The fraction of sp³-hybridized carbons (Fsp3) is 0.318. The monoisotopic (exact) mass is 409 g/mol. The van der Waals surface area contributed by atoms with E-state index in [0.717, 1.165) is 28.4 Å². The number of furan rings is 1. The van der Waals surface area contributed by atoms with Gasteiger partial charge in [-0.3, -0.25) is 9.59 Å². The molecule has 0 spiro atoms. The van der Waals surface area contributed by atoms with E-state index in [1.54, 1.807) is 23.5 Å². The highest BCUT2D eigenvalue weighted by Crippen LogP contribution is 2.33. The minimum absolute atomic E-state index is 0.0384. The summed E-state index contributed by atoms with van der Waals surface area (Å²) in [4.78, 5) is 30.9. The number of Topliss-reactive ketones (excluding diaryl/α,β-unsaturated/α-hetero) is 1. The van der Waals surface area contributed by atoms with E-state index in [2.05, 4.69) is 15.6 Å². The Kier molecular flexibility index (Phi) is 5.87. The summed E-state index contributed by atoms with van der Waals surface area (Å²) >= 11 is 1.56. The van der Waals surface area contributed by atoms with Crippen LogP contribution in [0.15, 0.2) is 53.1 Å². The van der Waals surface area contributed by atoms with Crippen LogP contribution < -0.4 is 10.6 Å². The number of rotatable bonds is 6. The van der Waals surface area contributed by atoms with Crippen molar-refractivity contribution in [3.63, 3.8) is 0 Å². The fourth-order valence-electron chi connectivity index (χ4n) is 3.68. The molecule has 2 atom stereocenters. The molecule has 7 heteroatoms. The molecular weight excluding hydrogens is 386 g/mol. The minimum Gasteiger partial charge on any atom is -0.459 e. The van der Waals surface area contributed by atoms with E-state index in [1.165, 1.54) is 6.26 Å². The molecule has 2 N–H and O–H groups in total. The lowest BCUT2D eigenvalue weighted by atomic mass is 9.87. The van der Waals surface area contributed by atoms with E-state index >= 15 is 0 Å². The van der Waals surface area contributed by atoms with Crippen molar-refractivity contribution in [1.29, 1.82) is 0 Å². The van der Waals surface area contributed by atoms with E-state index in [9.17, 15) is 9.59 Å². The Hall–Kier alpha value is -2.77. The number of aryl methyl sites for hydroxylation is 1. The summed E-state index contributed by atoms with van der Waals surface area (Å²) in [5.41, 5.74) is 1.60. The number of thiazole rings is 1. The molecule has 1 saturated heterocycles. The third-order valence-electron chi connectivity index (χ3n) is 5.12. The number of benzene rings is 1. The van der Waals surface area contributed by atoms with Crippen molar-refractivity contribution in [2.75, 3.05) is 13.1 Å². The second-order valence-electron chi connectivity index (χ2n) is 7.20. The zero-order valence-electron chi connectivity index (χ0n) is 16.2. The van der Waals surface area contributed by atoms with Crippen LogP contribution in [-0.2, 0) is 0 Å². The molecule has 3 aromatic rings. The predicted octanol–water partition coefficient (Wildman–Crippen LogP) is 3.69. The Morgan fingerprint density at radius 3 is 2.83 bits per heavy atom. The van der Waals surface area contributed by atoms with E-state index in [1.807, 2.05) is 37.3 Å². The number of hydrogen-bond acceptors (Lipinski definition) is 6. The van der Waals surface area contributed by atoms with Crippen molar-refractivity contribution in [2.45, 2.75) is 25.8 Å². The zero-order chi connectivity index (χ0) is 20.2. The number of ketones is 1. The lowest BCUT2D eigenvalue weighted by Gasteiger charge is -2.29. The maximum Gasteiger partial charge on any atom is 0.287 e. The molecule has 1 aliphatic rings. The molecule has 29 heavy (non-hydrogen) atoms. The van der Waals surface area contributed by atoms with Gasteiger partial charge in [0.25, 0.3) is 5.91 Å². The van der Waals surface area contributed by atoms with Crippen molar-refractivity contribution in [2.24, 2.45) is 5.92 Å². The number of carbonyl (C=O) groups is 2. The summed E-state index contributed by atoms with van der Waals surface area (Å²) in [7, 11) is 0. The molecule has 1 fully saturated rings. The molecule has 2 aromatic heterocycles. The number of carbonyl (C=O) groups excluding carboxylic acids is 2. The number of nitrogens with one attached hydrogen (secondary N) is 2. The van der Waals surface area contributed by atoms with E-state index in [0.29, 0.717) is 24.4 Å². The maximum atomic E-state index is 13.3. The van der Waals surface area contributed by atoms with Gasteiger partial charge in [0, 0.05) is 18.5 Å². The number of hydrogen-bond donors (Lipinski definition) is 2. The Bertz CT molecular complexity index is 982. The van der Waals surface area contributed by atoms with Crippen molar-refractivity contribution in [3.05, 3.63) is 65.2 Å². The third kappa shape index (κ3) is 4.46. The van der Waals surface area contributed by atoms with Gasteiger partial charge in [-0.25, -0.2) is 4.98 Å². The predicted molar refractivity (Wildman–Crippen MR) is 112 cm³/mol. The second-order valence-corrected chi connectivity index (χ2v) is 8.40. The van der Waals surface area contributed by atoms with Crippen LogP contribution in [0.4, 0.5) is 0 Å². The fourth-order valence-corrected chi connectivity index (χ4v) is 4.61. The first-order valence-electron chi connectivity index (χ1n) is 9.74. The summed E-state index contributed by atoms with van der Waals surface area (Å²) in [6.45, 7) is 3.12. The molecule has 4 rings (SSSR count). The summed E-state index contributed by atoms with van der Waals surface area (Å²) in [6, 6.07) is 13.3. The van der Waals surface area contributed by atoms with Gasteiger partial charge < -0.3 is 15.1 Å². The van der Waals surface area contributed by atoms with Crippen molar-refractivity contribution >= 4 is 23.0 Å². The molecule has 0 aliphatic carbocycles. The molecule has 1 amide bonds. The molecule has 0 saturated carbocycles. The van der Waals surface area contributed by atoms with Gasteiger partial charge in [0.05, 0.1) is 16.1 Å². The molecule has 6 nitrogen and oxygen atoms in total. The van der Waals surface area contributed by atoms with Gasteiger partial charge in [-0.1, -0.05) is 30.3 Å². The third-order valence-corrected chi connectivity index (χ3v) is 6.14. The van der Waals surface area contributed by atoms with Gasteiger partial charge in [0.1, 0.15) is 5.69 Å². The Labute approximate surface area is 173 Å². The van der Waals surface area contributed by atoms with Crippen LogP contribution in [0.25, 0.3) is 10.4 Å². The van der Waals surface area contributed by atoms with E-state index in [4.69, 9.17) is 4.42 Å². The highest BCUT2D eigenvalue weighted by atomic mass is 32.1. The van der Waals surface area contributed by atoms with Crippen LogP contribution in [0.3, 0.4) is 0 Å². The van der Waals surface area contributed by atoms with Crippen molar-refractivity contribution in [3.8, 4) is 10.4 Å². The number of amides is 1. The van der Waals surface area contributed by atoms with Gasteiger partial charge in [-0.2, -0.15) is 0 Å². The first-order chi connectivity index (χ1) is 14.1. The van der Waals surface area contributed by atoms with Gasteiger partial charge in [0.15, 0.2) is 11.5 Å². The molecular formula is C22H23N3O3S. The lowest BCUT2D eigenvalue weighted by Crippen LogP contribution is -2.47. The molecule has 1 aromatic carbocycles. The number of piperidine rings is 1. The number of aromatic nitrogens is 1. The Balaban J connectivity index is 1.44. The smallest absolute Gasteiger partial charge is 0.287 e. The quantitative estimate of drug-likeness (QED) is 0.607. The Morgan fingerprint density at radius 2 is 2.07 bits per heavy atom. The van der Waals surface area contributed by atoms with Crippen LogP contribution in [0.5, 0.6) is 0 Å². The van der Waals surface area contributed by atoms with Gasteiger partial charge in [0.2, 0.25) is 0 Å². The minimum atomic E-state index is -0.244. The molecule has 2 unspecified atom stereocenters. The summed E-state index contributed by atoms with van der Waals surface area (Å²) in [5, 5.41) is 7.16. The second kappa shape index (κ2) is 8.71. The normalized spacial score (nSPS) is 19.1. The molecule has 1 aliphatic heterocycles. The summed E-state index contributed by atoms with van der Waals surface area (Å²) in [6.07, 6.45) is 2.91. The highest BCUT2D eigenvalue weighted by molar-refractivity contribution is 7.15. The first-order valence-corrected chi connectivity index (χ1v) is 10.6. The van der Waals surface area contributed by atoms with Gasteiger partial charge in [-0.05, 0) is 44.0 Å². The Morgan fingerprint density at radius 1 is 1.24 bits per heavy atom. The van der Waals surface area contributed by atoms with Gasteiger partial charge >= 0.3 is 0 Å². The molecule has 3 heterocycles. The molecule has 150 valence electrons. The average Bonchev–Trinajstić information content (AvgIpc) is 3.42. The average molecular weight is 410 g/mol. The SMILES string of the molecule is Cc1nc(C(=O)C2CCNC(CNC(=O)c3ccco3)C2)c(-c2ccccc2)s1.